The molecule has 0 radical (unpaired) electrons. The Hall–Kier alpha value is -3.76. The van der Waals surface area contributed by atoms with E-state index < -0.39 is 5.91 Å². The van der Waals surface area contributed by atoms with Crippen molar-refractivity contribution in [2.24, 2.45) is 0 Å². The average molecular weight is 430 g/mol. The van der Waals surface area contributed by atoms with E-state index in [0.29, 0.717) is 4.91 Å². The van der Waals surface area contributed by atoms with E-state index in [1.807, 2.05) is 66.2 Å². The highest BCUT2D eigenvalue weighted by atomic mass is 32.2. The number of amides is 3. The molecular weight excluding hydrogens is 410 g/mol. The lowest BCUT2D eigenvalue weighted by atomic mass is 10.1. The van der Waals surface area contributed by atoms with Gasteiger partial charge in [0.1, 0.15) is 6.54 Å². The highest BCUT2D eigenvalue weighted by Crippen LogP contribution is 2.34. The molecule has 31 heavy (non-hydrogen) atoms. The summed E-state index contributed by atoms with van der Waals surface area (Å²) in [7, 11) is 0. The maximum atomic E-state index is 12.6. The monoisotopic (exact) mass is 429 g/mol. The first-order valence-corrected chi connectivity index (χ1v) is 10.4. The number of fused-ring (bicyclic) bond motifs is 1. The zero-order valence-electron chi connectivity index (χ0n) is 16.8. The van der Waals surface area contributed by atoms with Crippen LogP contribution in [0.2, 0.25) is 0 Å². The Morgan fingerprint density at radius 3 is 2.65 bits per heavy atom. The van der Waals surface area contributed by atoms with Crippen molar-refractivity contribution in [3.05, 3.63) is 70.8 Å². The molecular formula is C24H19N3O3S. The number of hydrogen-bond acceptors (Lipinski definition) is 4. The number of aromatic nitrogens is 1. The molecule has 6 nitrogen and oxygen atoms in total. The molecule has 1 fully saturated rings. The van der Waals surface area contributed by atoms with Gasteiger partial charge in [0.15, 0.2) is 0 Å². The minimum atomic E-state index is -0.401. The zero-order valence-corrected chi connectivity index (χ0v) is 17.6. The Morgan fingerprint density at radius 1 is 1.16 bits per heavy atom. The second kappa shape index (κ2) is 8.54. The molecule has 0 saturated carbocycles. The van der Waals surface area contributed by atoms with Crippen molar-refractivity contribution in [3.8, 4) is 12.3 Å². The van der Waals surface area contributed by atoms with Crippen molar-refractivity contribution in [1.29, 1.82) is 0 Å². The highest BCUT2D eigenvalue weighted by Gasteiger charge is 2.34. The molecule has 1 aromatic heterocycles. The van der Waals surface area contributed by atoms with E-state index >= 15 is 0 Å². The molecule has 3 amide bonds. The number of aryl methyl sites for hydroxylation is 1. The van der Waals surface area contributed by atoms with Gasteiger partial charge in [0.05, 0.1) is 11.4 Å². The van der Waals surface area contributed by atoms with Crippen molar-refractivity contribution in [2.45, 2.75) is 13.5 Å². The molecule has 0 aliphatic carbocycles. The van der Waals surface area contributed by atoms with E-state index in [1.165, 1.54) is 0 Å². The van der Waals surface area contributed by atoms with E-state index in [2.05, 4.69) is 11.2 Å². The molecule has 154 valence electrons. The minimum absolute atomic E-state index is 0.0526. The predicted molar refractivity (Wildman–Crippen MR) is 123 cm³/mol. The molecule has 0 unspecified atom stereocenters. The zero-order chi connectivity index (χ0) is 22.0. The summed E-state index contributed by atoms with van der Waals surface area (Å²) >= 11 is 0.866. The van der Waals surface area contributed by atoms with E-state index in [4.69, 9.17) is 6.42 Å². The highest BCUT2D eigenvalue weighted by molar-refractivity contribution is 8.18. The first kappa shape index (κ1) is 20.5. The van der Waals surface area contributed by atoms with Gasteiger partial charge in [-0.1, -0.05) is 41.8 Å². The van der Waals surface area contributed by atoms with Crippen LogP contribution in [0.3, 0.4) is 0 Å². The summed E-state index contributed by atoms with van der Waals surface area (Å²) in [4.78, 5) is 38.5. The normalized spacial score (nSPS) is 15.0. The summed E-state index contributed by atoms with van der Waals surface area (Å²) in [6, 6.07) is 15.2. The minimum Gasteiger partial charge on any atom is -0.337 e. The number of terminal acetylenes is 1. The van der Waals surface area contributed by atoms with Gasteiger partial charge < -0.3 is 9.88 Å². The molecule has 1 aliphatic heterocycles. The Labute approximate surface area is 183 Å². The topological polar surface area (TPSA) is 71.4 Å². The molecule has 3 aromatic rings. The fraction of sp³-hybridized carbons (Fsp3) is 0.125. The number of nitrogens with zero attached hydrogens (tertiary/aromatic N) is 2. The number of nitrogens with one attached hydrogen (secondary N) is 1. The fourth-order valence-corrected chi connectivity index (χ4v) is 4.21. The Balaban J connectivity index is 1.61. The van der Waals surface area contributed by atoms with Crippen LogP contribution in [0.15, 0.2) is 59.6 Å². The molecule has 2 aromatic carbocycles. The Morgan fingerprint density at radius 2 is 1.90 bits per heavy atom. The van der Waals surface area contributed by atoms with E-state index in [-0.39, 0.29) is 24.2 Å². The van der Waals surface area contributed by atoms with E-state index in [1.54, 1.807) is 6.08 Å². The second-order valence-corrected chi connectivity index (χ2v) is 8.11. The largest absolute Gasteiger partial charge is 0.337 e. The molecule has 0 bridgehead atoms. The first-order chi connectivity index (χ1) is 15.0. The standard InChI is InChI=1S/C24H19N3O3S/c1-3-12-27-23(29)21(31-24(27)30)13-17-14-26(20-7-5-4-6-19(17)20)15-22(28)25-18-10-8-16(2)9-11-18/h1,4-11,13-14H,12,15H2,2H3,(H,25,28). The number of anilines is 1. The van der Waals surface area contributed by atoms with Crippen molar-refractivity contribution in [2.75, 3.05) is 11.9 Å². The summed E-state index contributed by atoms with van der Waals surface area (Å²) in [6.07, 6.45) is 8.74. The third-order valence-electron chi connectivity index (χ3n) is 4.88. The second-order valence-electron chi connectivity index (χ2n) is 7.12. The van der Waals surface area contributed by atoms with E-state index in [9.17, 15) is 14.4 Å². The number of carbonyl (C=O) groups excluding carboxylic acids is 3. The average Bonchev–Trinajstić information content (AvgIpc) is 3.22. The van der Waals surface area contributed by atoms with Crippen molar-refractivity contribution in [3.63, 3.8) is 0 Å². The number of hydrogen-bond donors (Lipinski definition) is 1. The lowest BCUT2D eigenvalue weighted by Crippen LogP contribution is -2.28. The number of rotatable bonds is 5. The van der Waals surface area contributed by atoms with E-state index in [0.717, 1.165) is 44.4 Å². The van der Waals surface area contributed by atoms with Crippen molar-refractivity contribution in [1.82, 2.24) is 9.47 Å². The molecule has 2 heterocycles. The van der Waals surface area contributed by atoms with Crippen molar-refractivity contribution < 1.29 is 14.4 Å². The maximum absolute atomic E-state index is 12.6. The maximum Gasteiger partial charge on any atom is 0.294 e. The van der Waals surface area contributed by atoms with Crippen LogP contribution in [0.1, 0.15) is 11.1 Å². The molecule has 0 spiro atoms. The molecule has 1 saturated heterocycles. The molecule has 1 aliphatic rings. The van der Waals surface area contributed by atoms with Crippen LogP contribution >= 0.6 is 11.8 Å². The van der Waals surface area contributed by atoms with Gasteiger partial charge in [0.2, 0.25) is 5.91 Å². The van der Waals surface area contributed by atoms with Crippen LogP contribution < -0.4 is 5.32 Å². The van der Waals surface area contributed by atoms with Gasteiger partial charge in [0.25, 0.3) is 11.1 Å². The smallest absolute Gasteiger partial charge is 0.294 e. The van der Waals surface area contributed by atoms with Crippen LogP contribution in [0.5, 0.6) is 0 Å². The lowest BCUT2D eigenvalue weighted by Gasteiger charge is -2.07. The lowest BCUT2D eigenvalue weighted by molar-refractivity contribution is -0.122. The Bertz CT molecular complexity index is 1270. The summed E-state index contributed by atoms with van der Waals surface area (Å²) in [5, 5.41) is 3.40. The fourth-order valence-electron chi connectivity index (χ4n) is 3.38. The first-order valence-electron chi connectivity index (χ1n) is 9.59. The molecule has 1 N–H and O–H groups in total. The summed E-state index contributed by atoms with van der Waals surface area (Å²) in [6.45, 7) is 2.05. The summed E-state index contributed by atoms with van der Waals surface area (Å²) < 4.78 is 1.83. The number of benzene rings is 2. The van der Waals surface area contributed by atoms with Gasteiger partial charge in [-0.3, -0.25) is 19.3 Å². The van der Waals surface area contributed by atoms with Crippen LogP contribution in [0.25, 0.3) is 17.0 Å². The van der Waals surface area contributed by atoms with Crippen LogP contribution in [0.4, 0.5) is 10.5 Å². The number of thioether (sulfide) groups is 1. The van der Waals surface area contributed by atoms with Crippen LogP contribution in [-0.2, 0) is 16.1 Å². The Kier molecular flexibility index (Phi) is 5.65. The van der Waals surface area contributed by atoms with Gasteiger partial charge >= 0.3 is 0 Å². The van der Waals surface area contributed by atoms with Crippen LogP contribution in [0, 0.1) is 19.3 Å². The van der Waals surface area contributed by atoms with Gasteiger partial charge in [-0.25, -0.2) is 0 Å². The number of carbonyl (C=O) groups is 3. The summed E-state index contributed by atoms with van der Waals surface area (Å²) in [5.41, 5.74) is 3.46. The van der Waals surface area contributed by atoms with Gasteiger partial charge in [0, 0.05) is 28.4 Å². The molecule has 7 heteroatoms. The van der Waals surface area contributed by atoms with Gasteiger partial charge in [-0.2, -0.15) is 0 Å². The van der Waals surface area contributed by atoms with Gasteiger partial charge in [-0.15, -0.1) is 6.42 Å². The number of para-hydroxylation sites is 1. The van der Waals surface area contributed by atoms with Gasteiger partial charge in [-0.05, 0) is 43.0 Å². The third-order valence-corrected chi connectivity index (χ3v) is 5.79. The molecule has 0 atom stereocenters. The SMILES string of the molecule is C#CCN1C(=O)SC(=Cc2cn(CC(=O)Nc3ccc(C)cc3)c3ccccc23)C1=O. The number of imide groups is 1. The summed E-state index contributed by atoms with van der Waals surface area (Å²) in [5.74, 6) is 1.77. The molecule has 4 rings (SSSR count). The predicted octanol–water partition coefficient (Wildman–Crippen LogP) is 4.26. The van der Waals surface area contributed by atoms with Crippen molar-refractivity contribution >= 4 is 51.5 Å². The van der Waals surface area contributed by atoms with Crippen LogP contribution in [-0.4, -0.2) is 33.1 Å². The third kappa shape index (κ3) is 4.25. The quantitative estimate of drug-likeness (QED) is 0.486.